The maximum Gasteiger partial charge on any atom is 0.491 e. The number of anilines is 1. The normalized spacial score (nSPS) is 13.1. The number of carbonyl (C=O) groups excluding carboxylic acids is 1. The van der Waals surface area contributed by atoms with Crippen molar-refractivity contribution in [3.05, 3.63) is 111 Å². The summed E-state index contributed by atoms with van der Waals surface area (Å²) in [7, 11) is -9.03. The highest BCUT2D eigenvalue weighted by atomic mass is 35.5. The fourth-order valence-electron chi connectivity index (χ4n) is 6.09. The van der Waals surface area contributed by atoms with Gasteiger partial charge in [-0.05, 0) is 114 Å². The molecule has 2 aliphatic heterocycles. The number of carboxylic acid groups (broad SMARTS) is 1. The summed E-state index contributed by atoms with van der Waals surface area (Å²) in [5, 5.41) is 27.0. The van der Waals surface area contributed by atoms with Crippen molar-refractivity contribution < 1.29 is 50.9 Å². The summed E-state index contributed by atoms with van der Waals surface area (Å²) in [6.07, 6.45) is 0.301. The van der Waals surface area contributed by atoms with E-state index in [1.165, 1.54) is 6.92 Å². The topological polar surface area (TPSA) is 208 Å². The summed E-state index contributed by atoms with van der Waals surface area (Å²) < 4.78 is 61.6. The van der Waals surface area contributed by atoms with E-state index >= 15 is 0 Å². The number of aliphatic carboxylic acids is 1. The average Bonchev–Trinajstić information content (AvgIpc) is 3.61. The molecule has 5 N–H and O–H groups in total. The molecule has 0 atom stereocenters. The molecule has 4 aromatic rings. The van der Waals surface area contributed by atoms with Crippen molar-refractivity contribution in [3.63, 3.8) is 0 Å². The average molecular weight is 800 g/mol. The number of nitrogen functional groups attached to an aromatic ring is 1. The molecular formula is C37H44B2ClNO11S2. The van der Waals surface area contributed by atoms with Gasteiger partial charge in [0, 0.05) is 19.0 Å². The van der Waals surface area contributed by atoms with E-state index in [4.69, 9.17) is 24.9 Å². The Bertz CT molecular complexity index is 2280. The number of ketones is 1. The lowest BCUT2D eigenvalue weighted by atomic mass is 9.79. The summed E-state index contributed by atoms with van der Waals surface area (Å²) >= 11 is 0. The Kier molecular flexibility index (Phi) is 14.9. The third-order valence-corrected chi connectivity index (χ3v) is 12.4. The first-order valence-electron chi connectivity index (χ1n) is 16.6. The molecule has 2 heterocycles. The number of rotatable bonds is 8. The quantitative estimate of drug-likeness (QED) is 0.150. The molecule has 0 fully saturated rings. The third kappa shape index (κ3) is 11.0. The van der Waals surface area contributed by atoms with Crippen LogP contribution in [0, 0.1) is 27.7 Å². The first kappa shape index (κ1) is 44.4. The molecular weight excluding hydrogens is 756 g/mol. The second-order valence-corrected chi connectivity index (χ2v) is 17.2. The molecule has 0 aromatic heterocycles. The molecule has 0 saturated carbocycles. The molecule has 0 spiro atoms. The van der Waals surface area contributed by atoms with Gasteiger partial charge >= 0.3 is 14.2 Å². The van der Waals surface area contributed by atoms with Crippen molar-refractivity contribution >= 4 is 74.7 Å². The number of hydrogen-bond acceptors (Lipinski definition) is 11. The molecule has 12 nitrogen and oxygen atoms in total. The van der Waals surface area contributed by atoms with Crippen LogP contribution in [0.4, 0.5) is 5.69 Å². The van der Waals surface area contributed by atoms with E-state index in [9.17, 15) is 31.7 Å². The van der Waals surface area contributed by atoms with E-state index in [1.54, 1.807) is 81.4 Å². The molecule has 288 valence electrons. The molecule has 2 aliphatic rings. The summed E-state index contributed by atoms with van der Waals surface area (Å²) in [6, 6.07) is 17.2. The van der Waals surface area contributed by atoms with Crippen LogP contribution in [0.2, 0.25) is 0 Å². The highest BCUT2D eigenvalue weighted by Crippen LogP contribution is 2.27. The Labute approximate surface area is 323 Å². The van der Waals surface area contributed by atoms with Gasteiger partial charge in [0.1, 0.15) is 5.78 Å². The minimum Gasteiger partial charge on any atom is -0.481 e. The predicted molar refractivity (Wildman–Crippen MR) is 211 cm³/mol. The van der Waals surface area contributed by atoms with Crippen molar-refractivity contribution in [1.29, 1.82) is 0 Å². The van der Waals surface area contributed by atoms with Crippen LogP contribution < -0.4 is 16.7 Å². The Morgan fingerprint density at radius 3 is 1.52 bits per heavy atom. The second-order valence-electron chi connectivity index (χ2n) is 13.3. The molecule has 0 unspecified atom stereocenters. The number of aryl methyl sites for hydroxylation is 4. The fraction of sp³-hybridized carbons (Fsp3) is 0.297. The van der Waals surface area contributed by atoms with Crippen LogP contribution in [0.1, 0.15) is 63.9 Å². The smallest absolute Gasteiger partial charge is 0.481 e. The highest BCUT2D eigenvalue weighted by Gasteiger charge is 2.30. The number of sulfone groups is 2. The van der Waals surface area contributed by atoms with Crippen LogP contribution in [0.25, 0.3) is 0 Å². The lowest BCUT2D eigenvalue weighted by molar-refractivity contribution is -0.134. The van der Waals surface area contributed by atoms with Crippen LogP contribution in [0.5, 0.6) is 0 Å². The molecule has 6 rings (SSSR count). The number of nitrogens with two attached hydrogens (primary N) is 1. The summed E-state index contributed by atoms with van der Waals surface area (Å²) in [6.45, 7) is 10.4. The summed E-state index contributed by atoms with van der Waals surface area (Å²) in [5.41, 5.74) is 14.3. The first-order chi connectivity index (χ1) is 24.7. The van der Waals surface area contributed by atoms with Crippen molar-refractivity contribution in [2.45, 2.75) is 82.5 Å². The third-order valence-electron chi connectivity index (χ3n) is 8.77. The number of fused-ring (bicyclic) bond motifs is 2. The summed E-state index contributed by atoms with van der Waals surface area (Å²) in [4.78, 5) is 20.9. The minimum atomic E-state index is -3.55. The number of hydrogen-bond donors (Lipinski definition) is 4. The van der Waals surface area contributed by atoms with Crippen molar-refractivity contribution in [2.75, 3.05) is 5.73 Å². The zero-order valence-corrected chi connectivity index (χ0v) is 33.3. The minimum absolute atomic E-state index is 0. The molecule has 4 aromatic carbocycles. The van der Waals surface area contributed by atoms with Gasteiger partial charge < -0.3 is 30.2 Å². The van der Waals surface area contributed by atoms with Crippen LogP contribution in [-0.2, 0) is 69.7 Å². The van der Waals surface area contributed by atoms with Crippen LogP contribution in [0.3, 0.4) is 0 Å². The number of halogens is 1. The monoisotopic (exact) mass is 799 g/mol. The Morgan fingerprint density at radius 1 is 0.685 bits per heavy atom. The van der Waals surface area contributed by atoms with E-state index in [0.717, 1.165) is 34.7 Å². The Balaban J connectivity index is 0.000000261. The predicted octanol–water partition coefficient (Wildman–Crippen LogP) is 3.22. The number of Topliss-reactive ketones (excluding diaryl/α,β-unsaturated/α-hetero) is 1. The van der Waals surface area contributed by atoms with E-state index in [1.807, 2.05) is 6.92 Å². The standard InChI is InChI=1S/C19H21BO5S.C16H18BNO4S.C2H4O2.ClH/c1-12-7-19(13(2)6-17(12)8-14(3)21)26(23,24)11-15-4-5-16-10-25-20(22)18(16)9-15;1-10-6-16(11(2)5-15(10)18)23(20,21)9-12-3-4-13-8-22-17(19)14(13)7-12;1-2(3)4;/h4-7,9,22H,8,10-11H2,1-3H3;3-7,19H,8-9,18H2,1-2H3;1H3,(H,3,4);1H. The zero-order valence-electron chi connectivity index (χ0n) is 30.9. The van der Waals surface area contributed by atoms with E-state index in [2.05, 4.69) is 0 Å². The number of benzene rings is 4. The van der Waals surface area contributed by atoms with E-state index < -0.39 is 39.9 Å². The Morgan fingerprint density at radius 2 is 1.09 bits per heavy atom. The van der Waals surface area contributed by atoms with Crippen LogP contribution in [0.15, 0.2) is 70.5 Å². The molecule has 17 heteroatoms. The van der Waals surface area contributed by atoms with Gasteiger partial charge in [0.25, 0.3) is 5.97 Å². The SMILES string of the molecule is CC(=O)Cc1cc(C)c(S(=O)(=O)Cc2ccc3c(c2)B(O)OC3)cc1C.CC(=O)O.Cc1cc(S(=O)(=O)Cc2ccc3c(c2)B(O)OC3)c(C)cc1N.Cl. The van der Waals surface area contributed by atoms with Gasteiger partial charge in [-0.2, -0.15) is 0 Å². The van der Waals surface area contributed by atoms with Gasteiger partial charge in [0.2, 0.25) is 0 Å². The summed E-state index contributed by atoms with van der Waals surface area (Å²) in [5.74, 6) is -1.07. The van der Waals surface area contributed by atoms with Gasteiger partial charge in [0.15, 0.2) is 19.7 Å². The lowest BCUT2D eigenvalue weighted by Gasteiger charge is -2.13. The van der Waals surface area contributed by atoms with E-state index in [0.29, 0.717) is 63.4 Å². The molecule has 0 aliphatic carbocycles. The van der Waals surface area contributed by atoms with Crippen molar-refractivity contribution in [2.24, 2.45) is 0 Å². The molecule has 0 saturated heterocycles. The maximum atomic E-state index is 12.9. The fourth-order valence-corrected chi connectivity index (χ4v) is 9.45. The van der Waals surface area contributed by atoms with E-state index in [-0.39, 0.29) is 34.6 Å². The molecule has 0 bridgehead atoms. The maximum absolute atomic E-state index is 12.9. The van der Waals surface area contributed by atoms with Gasteiger partial charge in [0.05, 0.1) is 34.5 Å². The largest absolute Gasteiger partial charge is 0.491 e. The van der Waals surface area contributed by atoms with Gasteiger partial charge in [-0.15, -0.1) is 12.4 Å². The van der Waals surface area contributed by atoms with Gasteiger partial charge in [-0.3, -0.25) is 9.59 Å². The van der Waals surface area contributed by atoms with Gasteiger partial charge in [-0.25, -0.2) is 16.8 Å². The molecule has 54 heavy (non-hydrogen) atoms. The second kappa shape index (κ2) is 18.1. The van der Waals surface area contributed by atoms with Crippen LogP contribution in [-0.4, -0.2) is 58.0 Å². The molecule has 0 amide bonds. The lowest BCUT2D eigenvalue weighted by Crippen LogP contribution is -2.28. The Hall–Kier alpha value is -4.02. The van der Waals surface area contributed by atoms with Crippen molar-refractivity contribution in [1.82, 2.24) is 0 Å². The number of carboxylic acids is 1. The molecule has 0 radical (unpaired) electrons. The number of carbonyl (C=O) groups is 2. The van der Waals surface area contributed by atoms with Gasteiger partial charge in [-0.1, -0.05) is 42.5 Å². The van der Waals surface area contributed by atoms with Crippen LogP contribution >= 0.6 is 12.4 Å². The first-order valence-corrected chi connectivity index (χ1v) is 19.9. The zero-order chi connectivity index (χ0) is 39.4. The van der Waals surface area contributed by atoms with Crippen molar-refractivity contribution in [3.8, 4) is 0 Å². The highest BCUT2D eigenvalue weighted by molar-refractivity contribution is 7.91.